The largest absolute Gasteiger partial charge is 0.457 e. The third-order valence-corrected chi connectivity index (χ3v) is 3.13. The zero-order valence-corrected chi connectivity index (χ0v) is 11.3. The van der Waals surface area contributed by atoms with Crippen LogP contribution in [0.1, 0.15) is 16.7 Å². The van der Waals surface area contributed by atoms with Gasteiger partial charge in [0.1, 0.15) is 11.5 Å². The van der Waals surface area contributed by atoms with Crippen molar-refractivity contribution in [2.45, 2.75) is 20.4 Å². The second kappa shape index (κ2) is 5.42. The summed E-state index contributed by atoms with van der Waals surface area (Å²) < 4.78 is 5.84. The molecular formula is C15H16ClNO. The van der Waals surface area contributed by atoms with Gasteiger partial charge in [0.25, 0.3) is 0 Å². The lowest BCUT2D eigenvalue weighted by Crippen LogP contribution is -1.99. The van der Waals surface area contributed by atoms with E-state index in [1.165, 1.54) is 0 Å². The SMILES string of the molecule is Cc1cc(Oc2ccc(Cl)cc2C)ccc1CN. The molecule has 0 saturated heterocycles. The lowest BCUT2D eigenvalue weighted by atomic mass is 10.1. The molecule has 0 saturated carbocycles. The van der Waals surface area contributed by atoms with E-state index in [9.17, 15) is 0 Å². The summed E-state index contributed by atoms with van der Waals surface area (Å²) in [6.45, 7) is 4.55. The smallest absolute Gasteiger partial charge is 0.130 e. The molecule has 0 aliphatic rings. The third-order valence-electron chi connectivity index (χ3n) is 2.90. The van der Waals surface area contributed by atoms with Crippen molar-refractivity contribution in [3.8, 4) is 11.5 Å². The zero-order valence-electron chi connectivity index (χ0n) is 10.5. The van der Waals surface area contributed by atoms with E-state index in [1.54, 1.807) is 0 Å². The van der Waals surface area contributed by atoms with Crippen LogP contribution >= 0.6 is 11.6 Å². The van der Waals surface area contributed by atoms with Gasteiger partial charge in [-0.05, 0) is 60.9 Å². The molecule has 2 aromatic carbocycles. The van der Waals surface area contributed by atoms with E-state index in [-0.39, 0.29) is 0 Å². The summed E-state index contributed by atoms with van der Waals surface area (Å²) in [5, 5.41) is 0.717. The number of hydrogen-bond donors (Lipinski definition) is 1. The Hall–Kier alpha value is -1.51. The monoisotopic (exact) mass is 261 g/mol. The first-order chi connectivity index (χ1) is 8.60. The average molecular weight is 262 g/mol. The Morgan fingerprint density at radius 2 is 1.83 bits per heavy atom. The fraction of sp³-hybridized carbons (Fsp3) is 0.200. The van der Waals surface area contributed by atoms with Crippen LogP contribution in [-0.2, 0) is 6.54 Å². The normalized spacial score (nSPS) is 10.4. The van der Waals surface area contributed by atoms with E-state index in [2.05, 4.69) is 0 Å². The van der Waals surface area contributed by atoms with Gasteiger partial charge < -0.3 is 10.5 Å². The summed E-state index contributed by atoms with van der Waals surface area (Å²) in [6, 6.07) is 11.5. The molecule has 0 aliphatic heterocycles. The third kappa shape index (κ3) is 2.84. The molecule has 0 radical (unpaired) electrons. The molecule has 2 N–H and O–H groups in total. The zero-order chi connectivity index (χ0) is 13.1. The number of halogens is 1. The molecule has 94 valence electrons. The molecule has 0 aliphatic carbocycles. The molecule has 0 atom stereocenters. The highest BCUT2D eigenvalue weighted by molar-refractivity contribution is 6.30. The Bertz CT molecular complexity index is 566. The predicted molar refractivity (Wildman–Crippen MR) is 75.3 cm³/mol. The number of hydrogen-bond acceptors (Lipinski definition) is 2. The molecule has 0 amide bonds. The quantitative estimate of drug-likeness (QED) is 0.898. The molecule has 0 aromatic heterocycles. The predicted octanol–water partition coefficient (Wildman–Crippen LogP) is 4.21. The second-order valence-electron chi connectivity index (χ2n) is 4.30. The van der Waals surface area contributed by atoms with Gasteiger partial charge in [-0.2, -0.15) is 0 Å². The van der Waals surface area contributed by atoms with Crippen LogP contribution in [0.2, 0.25) is 5.02 Å². The van der Waals surface area contributed by atoms with Crippen LogP contribution in [0.4, 0.5) is 0 Å². The maximum atomic E-state index is 5.92. The first kappa shape index (κ1) is 12.9. The van der Waals surface area contributed by atoms with Crippen LogP contribution < -0.4 is 10.5 Å². The van der Waals surface area contributed by atoms with Gasteiger partial charge >= 0.3 is 0 Å². The van der Waals surface area contributed by atoms with Gasteiger partial charge in [-0.3, -0.25) is 0 Å². The lowest BCUT2D eigenvalue weighted by molar-refractivity contribution is 0.478. The highest BCUT2D eigenvalue weighted by Gasteiger charge is 2.04. The van der Waals surface area contributed by atoms with E-state index in [0.717, 1.165) is 33.2 Å². The standard InChI is InChI=1S/C15H16ClNO/c1-10-8-14(5-3-12(10)9-17)18-15-6-4-13(16)7-11(15)2/h3-8H,9,17H2,1-2H3. The number of nitrogens with two attached hydrogens (primary N) is 1. The number of ether oxygens (including phenoxy) is 1. The molecule has 0 heterocycles. The van der Waals surface area contributed by atoms with Crippen molar-refractivity contribution in [1.82, 2.24) is 0 Å². The minimum Gasteiger partial charge on any atom is -0.457 e. The summed E-state index contributed by atoms with van der Waals surface area (Å²) >= 11 is 5.92. The molecule has 2 rings (SSSR count). The number of rotatable bonds is 3. The topological polar surface area (TPSA) is 35.2 Å². The van der Waals surface area contributed by atoms with Crippen molar-refractivity contribution in [2.24, 2.45) is 5.73 Å². The van der Waals surface area contributed by atoms with E-state index >= 15 is 0 Å². The van der Waals surface area contributed by atoms with Crippen molar-refractivity contribution >= 4 is 11.6 Å². The van der Waals surface area contributed by atoms with Crippen molar-refractivity contribution in [3.05, 3.63) is 58.1 Å². The van der Waals surface area contributed by atoms with E-state index < -0.39 is 0 Å². The Morgan fingerprint density at radius 1 is 1.06 bits per heavy atom. The van der Waals surface area contributed by atoms with Crippen LogP contribution in [0, 0.1) is 13.8 Å². The lowest BCUT2D eigenvalue weighted by Gasteiger charge is -2.11. The number of aryl methyl sites for hydroxylation is 2. The summed E-state index contributed by atoms with van der Waals surface area (Å²) in [7, 11) is 0. The van der Waals surface area contributed by atoms with E-state index in [0.29, 0.717) is 6.54 Å². The van der Waals surface area contributed by atoms with Gasteiger partial charge in [0.15, 0.2) is 0 Å². The molecule has 2 aromatic rings. The molecule has 0 bridgehead atoms. The van der Waals surface area contributed by atoms with Gasteiger partial charge in [-0.1, -0.05) is 17.7 Å². The molecule has 18 heavy (non-hydrogen) atoms. The Kier molecular flexibility index (Phi) is 3.90. The van der Waals surface area contributed by atoms with Crippen molar-refractivity contribution in [3.63, 3.8) is 0 Å². The van der Waals surface area contributed by atoms with Gasteiger partial charge in [0.05, 0.1) is 0 Å². The summed E-state index contributed by atoms with van der Waals surface area (Å²) in [4.78, 5) is 0. The van der Waals surface area contributed by atoms with E-state index in [4.69, 9.17) is 22.1 Å². The van der Waals surface area contributed by atoms with Crippen LogP contribution in [0.25, 0.3) is 0 Å². The molecular weight excluding hydrogens is 246 g/mol. The fourth-order valence-corrected chi connectivity index (χ4v) is 2.04. The molecule has 3 heteroatoms. The molecule has 2 nitrogen and oxygen atoms in total. The van der Waals surface area contributed by atoms with Crippen LogP contribution in [-0.4, -0.2) is 0 Å². The average Bonchev–Trinajstić information content (AvgIpc) is 2.33. The minimum atomic E-state index is 0.548. The van der Waals surface area contributed by atoms with Crippen molar-refractivity contribution < 1.29 is 4.74 Å². The molecule has 0 unspecified atom stereocenters. The van der Waals surface area contributed by atoms with Crippen molar-refractivity contribution in [1.29, 1.82) is 0 Å². The maximum Gasteiger partial charge on any atom is 0.130 e. The van der Waals surface area contributed by atoms with Crippen LogP contribution in [0.5, 0.6) is 11.5 Å². The summed E-state index contributed by atoms with van der Waals surface area (Å²) in [5.74, 6) is 1.63. The Morgan fingerprint density at radius 3 is 2.44 bits per heavy atom. The Balaban J connectivity index is 2.26. The van der Waals surface area contributed by atoms with Gasteiger partial charge in [-0.25, -0.2) is 0 Å². The van der Waals surface area contributed by atoms with Crippen molar-refractivity contribution in [2.75, 3.05) is 0 Å². The molecule has 0 fully saturated rings. The minimum absolute atomic E-state index is 0.548. The highest BCUT2D eigenvalue weighted by atomic mass is 35.5. The summed E-state index contributed by atoms with van der Waals surface area (Å²) in [5.41, 5.74) is 8.93. The first-order valence-corrected chi connectivity index (χ1v) is 6.21. The Labute approximate surface area is 112 Å². The summed E-state index contributed by atoms with van der Waals surface area (Å²) in [6.07, 6.45) is 0. The second-order valence-corrected chi connectivity index (χ2v) is 4.74. The van der Waals surface area contributed by atoms with Gasteiger partial charge in [-0.15, -0.1) is 0 Å². The first-order valence-electron chi connectivity index (χ1n) is 5.84. The fourth-order valence-electron chi connectivity index (χ4n) is 1.82. The van der Waals surface area contributed by atoms with Gasteiger partial charge in [0.2, 0.25) is 0 Å². The van der Waals surface area contributed by atoms with Crippen LogP contribution in [0.15, 0.2) is 36.4 Å². The molecule has 0 spiro atoms. The number of benzene rings is 2. The van der Waals surface area contributed by atoms with E-state index in [1.807, 2.05) is 50.2 Å². The highest BCUT2D eigenvalue weighted by Crippen LogP contribution is 2.28. The maximum absolute atomic E-state index is 5.92. The van der Waals surface area contributed by atoms with Gasteiger partial charge in [0, 0.05) is 11.6 Å². The van der Waals surface area contributed by atoms with Crippen LogP contribution in [0.3, 0.4) is 0 Å².